The normalized spacial score (nSPS) is 11.6. The Kier molecular flexibility index (Phi) is 6.51. The molecule has 0 amide bonds. The molecular formula is C11H18N2O3S2. The molecule has 0 spiro atoms. The summed E-state index contributed by atoms with van der Waals surface area (Å²) in [6, 6.07) is 3.29. The number of nitrogens with one attached hydrogen (secondary N) is 1. The molecule has 0 fully saturated rings. The molecule has 0 unspecified atom stereocenters. The highest BCUT2D eigenvalue weighted by Crippen LogP contribution is 2.20. The molecule has 0 atom stereocenters. The van der Waals surface area contributed by atoms with Crippen LogP contribution in [0.4, 0.5) is 0 Å². The van der Waals surface area contributed by atoms with Crippen LogP contribution in [0.3, 0.4) is 0 Å². The molecule has 1 aromatic rings. The van der Waals surface area contributed by atoms with E-state index in [1.807, 2.05) is 0 Å². The van der Waals surface area contributed by atoms with E-state index < -0.39 is 10.0 Å². The zero-order valence-corrected chi connectivity index (χ0v) is 11.7. The van der Waals surface area contributed by atoms with Gasteiger partial charge in [0.1, 0.15) is 4.21 Å². The summed E-state index contributed by atoms with van der Waals surface area (Å²) in [4.78, 5) is 0.845. The molecule has 0 aromatic carbocycles. The summed E-state index contributed by atoms with van der Waals surface area (Å²) in [5.74, 6) is 0. The highest BCUT2D eigenvalue weighted by Gasteiger charge is 2.15. The van der Waals surface area contributed by atoms with Crippen molar-refractivity contribution in [1.82, 2.24) is 4.72 Å². The van der Waals surface area contributed by atoms with E-state index >= 15 is 0 Å². The third-order valence-electron chi connectivity index (χ3n) is 2.11. The van der Waals surface area contributed by atoms with E-state index in [-0.39, 0.29) is 10.8 Å². The van der Waals surface area contributed by atoms with Crippen molar-refractivity contribution in [2.45, 2.75) is 17.2 Å². The predicted octanol–water partition coefficient (Wildman–Crippen LogP) is 1.08. The van der Waals surface area contributed by atoms with Crippen LogP contribution in [0.15, 0.2) is 29.0 Å². The molecule has 3 N–H and O–H groups in total. The first-order valence-electron chi connectivity index (χ1n) is 5.57. The second-order valence-electron chi connectivity index (χ2n) is 3.51. The highest BCUT2D eigenvalue weighted by molar-refractivity contribution is 7.91. The summed E-state index contributed by atoms with van der Waals surface area (Å²) in [6.07, 6.45) is 2.52. The van der Waals surface area contributed by atoms with Crippen LogP contribution in [0, 0.1) is 0 Å². The highest BCUT2D eigenvalue weighted by atomic mass is 32.2. The van der Waals surface area contributed by atoms with E-state index in [4.69, 9.17) is 10.5 Å². The average Bonchev–Trinajstić information content (AvgIpc) is 2.83. The Labute approximate surface area is 112 Å². The molecule has 0 aliphatic carbocycles. The Hall–Kier alpha value is -0.730. The fourth-order valence-electron chi connectivity index (χ4n) is 1.20. The minimum absolute atomic E-state index is 0.259. The van der Waals surface area contributed by atoms with Crippen molar-refractivity contribution in [3.05, 3.63) is 29.7 Å². The predicted molar refractivity (Wildman–Crippen MR) is 73.0 cm³/mol. The third kappa shape index (κ3) is 4.87. The number of hydrogen-bond acceptors (Lipinski definition) is 5. The average molecular weight is 290 g/mol. The number of nitrogens with two attached hydrogens (primary N) is 1. The summed E-state index contributed by atoms with van der Waals surface area (Å²) < 4.78 is 31.7. The van der Waals surface area contributed by atoms with Crippen molar-refractivity contribution in [3.8, 4) is 0 Å². The van der Waals surface area contributed by atoms with Gasteiger partial charge < -0.3 is 10.5 Å². The van der Waals surface area contributed by atoms with Gasteiger partial charge in [-0.2, -0.15) is 0 Å². The Morgan fingerprint density at radius 1 is 1.44 bits per heavy atom. The molecule has 0 aliphatic rings. The molecule has 5 nitrogen and oxygen atoms in total. The standard InChI is InChI=1S/C11H18N2O3S2/c1-2-3-7-16-8-6-13-18(14,15)11-5-4-10(9-12)17-11/h2,4-5,13H,1,3,6-9,12H2. The van der Waals surface area contributed by atoms with Crippen molar-refractivity contribution >= 4 is 21.4 Å². The Morgan fingerprint density at radius 3 is 2.83 bits per heavy atom. The SMILES string of the molecule is C=CCCOCCNS(=O)(=O)c1ccc(CN)s1. The number of sulfonamides is 1. The van der Waals surface area contributed by atoms with Crippen LogP contribution in [-0.2, 0) is 21.3 Å². The molecule has 0 radical (unpaired) electrons. The minimum atomic E-state index is -3.43. The van der Waals surface area contributed by atoms with E-state index in [9.17, 15) is 8.42 Å². The summed E-state index contributed by atoms with van der Waals surface area (Å²) >= 11 is 1.18. The second kappa shape index (κ2) is 7.65. The lowest BCUT2D eigenvalue weighted by molar-refractivity contribution is 0.144. The maximum absolute atomic E-state index is 11.8. The third-order valence-corrected chi connectivity index (χ3v) is 5.17. The van der Waals surface area contributed by atoms with Crippen LogP contribution in [-0.4, -0.2) is 28.2 Å². The molecule has 102 valence electrons. The molecule has 0 saturated carbocycles. The topological polar surface area (TPSA) is 81.4 Å². The number of thiophene rings is 1. The van der Waals surface area contributed by atoms with Crippen molar-refractivity contribution in [2.75, 3.05) is 19.8 Å². The van der Waals surface area contributed by atoms with E-state index in [1.165, 1.54) is 11.3 Å². The van der Waals surface area contributed by atoms with Crippen LogP contribution < -0.4 is 10.5 Å². The van der Waals surface area contributed by atoms with Gasteiger partial charge >= 0.3 is 0 Å². The number of hydrogen-bond donors (Lipinski definition) is 2. The fourth-order valence-corrected chi connectivity index (χ4v) is 3.49. The van der Waals surface area contributed by atoms with Gasteiger partial charge in [-0.3, -0.25) is 0 Å². The van der Waals surface area contributed by atoms with E-state index in [2.05, 4.69) is 11.3 Å². The molecule has 0 saturated heterocycles. The minimum Gasteiger partial charge on any atom is -0.380 e. The van der Waals surface area contributed by atoms with Crippen molar-refractivity contribution in [1.29, 1.82) is 0 Å². The lowest BCUT2D eigenvalue weighted by atomic mass is 10.5. The maximum atomic E-state index is 11.8. The van der Waals surface area contributed by atoms with Crippen LogP contribution >= 0.6 is 11.3 Å². The molecule has 0 aliphatic heterocycles. The van der Waals surface area contributed by atoms with Crippen molar-refractivity contribution in [3.63, 3.8) is 0 Å². The smallest absolute Gasteiger partial charge is 0.250 e. The summed E-state index contributed by atoms with van der Waals surface area (Å²) in [6.45, 7) is 5.09. The van der Waals surface area contributed by atoms with Gasteiger partial charge in [-0.15, -0.1) is 17.9 Å². The van der Waals surface area contributed by atoms with Crippen LogP contribution in [0.2, 0.25) is 0 Å². The molecule has 1 heterocycles. The van der Waals surface area contributed by atoms with Gasteiger partial charge in [0.25, 0.3) is 0 Å². The quantitative estimate of drug-likeness (QED) is 0.527. The summed E-state index contributed by atoms with van der Waals surface area (Å²) in [5.41, 5.74) is 5.44. The van der Waals surface area contributed by atoms with Gasteiger partial charge in [0.05, 0.1) is 13.2 Å². The van der Waals surface area contributed by atoms with Crippen molar-refractivity contribution < 1.29 is 13.2 Å². The second-order valence-corrected chi connectivity index (χ2v) is 6.67. The Balaban J connectivity index is 2.38. The lowest BCUT2D eigenvalue weighted by Gasteiger charge is -2.05. The van der Waals surface area contributed by atoms with E-state index in [1.54, 1.807) is 18.2 Å². The molecule has 1 aromatic heterocycles. The zero-order chi connectivity index (χ0) is 13.4. The van der Waals surface area contributed by atoms with Gasteiger partial charge in [0.2, 0.25) is 10.0 Å². The van der Waals surface area contributed by atoms with Gasteiger partial charge in [-0.05, 0) is 18.6 Å². The van der Waals surface area contributed by atoms with Gasteiger partial charge in [0.15, 0.2) is 0 Å². The first-order chi connectivity index (χ1) is 8.60. The first kappa shape index (κ1) is 15.3. The number of rotatable bonds is 9. The van der Waals surface area contributed by atoms with Crippen molar-refractivity contribution in [2.24, 2.45) is 5.73 Å². The molecule has 0 bridgehead atoms. The fraction of sp³-hybridized carbons (Fsp3) is 0.455. The lowest BCUT2D eigenvalue weighted by Crippen LogP contribution is -2.26. The van der Waals surface area contributed by atoms with Gasteiger partial charge in [0, 0.05) is 18.0 Å². The van der Waals surface area contributed by atoms with E-state index in [0.717, 1.165) is 11.3 Å². The Morgan fingerprint density at radius 2 is 2.22 bits per heavy atom. The number of ether oxygens (including phenoxy) is 1. The van der Waals surface area contributed by atoms with Gasteiger partial charge in [-0.25, -0.2) is 13.1 Å². The zero-order valence-electron chi connectivity index (χ0n) is 10.1. The molecule has 18 heavy (non-hydrogen) atoms. The van der Waals surface area contributed by atoms with Crippen LogP contribution in [0.25, 0.3) is 0 Å². The van der Waals surface area contributed by atoms with Crippen LogP contribution in [0.5, 0.6) is 0 Å². The largest absolute Gasteiger partial charge is 0.380 e. The first-order valence-corrected chi connectivity index (χ1v) is 7.87. The molecule has 7 heteroatoms. The monoisotopic (exact) mass is 290 g/mol. The maximum Gasteiger partial charge on any atom is 0.250 e. The van der Waals surface area contributed by atoms with E-state index in [0.29, 0.717) is 19.8 Å². The summed E-state index contributed by atoms with van der Waals surface area (Å²) in [7, 11) is -3.43. The molecular weight excluding hydrogens is 272 g/mol. The summed E-state index contributed by atoms with van der Waals surface area (Å²) in [5, 5.41) is 0. The Bertz CT molecular complexity index is 468. The molecule has 1 rings (SSSR count). The van der Waals surface area contributed by atoms with Crippen LogP contribution in [0.1, 0.15) is 11.3 Å². The van der Waals surface area contributed by atoms with Gasteiger partial charge in [-0.1, -0.05) is 6.08 Å².